The van der Waals surface area contributed by atoms with Gasteiger partial charge < -0.3 is 10.1 Å². The lowest BCUT2D eigenvalue weighted by atomic mass is 10.0. The first kappa shape index (κ1) is 24.8. The van der Waals surface area contributed by atoms with Crippen LogP contribution in [0.5, 0.6) is 5.75 Å². The van der Waals surface area contributed by atoms with Crippen molar-refractivity contribution in [3.05, 3.63) is 66.0 Å². The minimum absolute atomic E-state index is 0.124. The molecule has 0 spiro atoms. The predicted molar refractivity (Wildman–Crippen MR) is 132 cm³/mol. The number of carbonyl (C=O) groups is 1. The van der Waals surface area contributed by atoms with Gasteiger partial charge in [0, 0.05) is 6.54 Å². The van der Waals surface area contributed by atoms with E-state index in [1.807, 2.05) is 30.3 Å². The number of hydrogen-bond donors (Lipinski definition) is 2. The SMILES string of the molecule is CC(C)CC(C(=O)NCc1ccccc1)n1cc(COc2ccc3nc(S(N)(=O)=O)sc3c2)nn1. The van der Waals surface area contributed by atoms with E-state index >= 15 is 0 Å². The first-order valence-electron chi connectivity index (χ1n) is 11.0. The van der Waals surface area contributed by atoms with Crippen molar-refractivity contribution in [3.8, 4) is 5.75 Å². The molecule has 1 unspecified atom stereocenters. The zero-order chi connectivity index (χ0) is 25.0. The van der Waals surface area contributed by atoms with Gasteiger partial charge in [0.15, 0.2) is 0 Å². The van der Waals surface area contributed by atoms with E-state index in [1.165, 1.54) is 0 Å². The third-order valence-corrected chi connectivity index (χ3v) is 7.49. The number of nitrogens with one attached hydrogen (secondary N) is 1. The molecule has 0 aliphatic carbocycles. The van der Waals surface area contributed by atoms with Crippen LogP contribution in [0.4, 0.5) is 0 Å². The number of nitrogens with two attached hydrogens (primary N) is 1. The van der Waals surface area contributed by atoms with Crippen LogP contribution >= 0.6 is 11.3 Å². The Morgan fingerprint density at radius 3 is 2.69 bits per heavy atom. The Morgan fingerprint density at radius 1 is 1.20 bits per heavy atom. The van der Waals surface area contributed by atoms with Crippen molar-refractivity contribution >= 4 is 37.5 Å². The lowest BCUT2D eigenvalue weighted by molar-refractivity contribution is -0.125. The maximum atomic E-state index is 13.0. The molecule has 3 N–H and O–H groups in total. The maximum absolute atomic E-state index is 13.0. The van der Waals surface area contributed by atoms with E-state index in [1.54, 1.807) is 29.1 Å². The zero-order valence-electron chi connectivity index (χ0n) is 19.3. The summed E-state index contributed by atoms with van der Waals surface area (Å²) in [5, 5.41) is 16.5. The van der Waals surface area contributed by atoms with E-state index in [0.717, 1.165) is 16.9 Å². The van der Waals surface area contributed by atoms with Gasteiger partial charge in [-0.1, -0.05) is 49.4 Å². The molecule has 1 amide bonds. The number of amides is 1. The van der Waals surface area contributed by atoms with Crippen LogP contribution in [0.25, 0.3) is 10.2 Å². The molecule has 35 heavy (non-hydrogen) atoms. The molecule has 0 aliphatic heterocycles. The number of rotatable bonds is 10. The summed E-state index contributed by atoms with van der Waals surface area (Å²) in [6.45, 7) is 4.67. The summed E-state index contributed by atoms with van der Waals surface area (Å²) >= 11 is 0.979. The molecule has 4 aromatic rings. The number of fused-ring (bicyclic) bond motifs is 1. The molecule has 184 valence electrons. The van der Waals surface area contributed by atoms with Crippen molar-refractivity contribution in [2.75, 3.05) is 0 Å². The summed E-state index contributed by atoms with van der Waals surface area (Å²) in [7, 11) is -3.86. The van der Waals surface area contributed by atoms with E-state index < -0.39 is 16.1 Å². The summed E-state index contributed by atoms with van der Waals surface area (Å²) in [5.74, 6) is 0.678. The summed E-state index contributed by atoms with van der Waals surface area (Å²) in [5.41, 5.74) is 2.10. The van der Waals surface area contributed by atoms with Crippen LogP contribution in [0.15, 0.2) is 59.1 Å². The fraction of sp³-hybridized carbons (Fsp3) is 0.304. The first-order chi connectivity index (χ1) is 16.7. The Hall–Kier alpha value is -3.35. The van der Waals surface area contributed by atoms with Crippen LogP contribution in [0, 0.1) is 5.92 Å². The van der Waals surface area contributed by atoms with Gasteiger partial charge in [0.05, 0.1) is 16.4 Å². The van der Waals surface area contributed by atoms with Gasteiger partial charge in [-0.15, -0.1) is 16.4 Å². The van der Waals surface area contributed by atoms with Crippen LogP contribution in [-0.4, -0.2) is 34.3 Å². The molecule has 0 bridgehead atoms. The van der Waals surface area contributed by atoms with Crippen LogP contribution in [0.2, 0.25) is 0 Å². The van der Waals surface area contributed by atoms with E-state index in [2.05, 4.69) is 34.5 Å². The Kier molecular flexibility index (Phi) is 7.43. The standard InChI is InChI=1S/C23H26N6O4S2/c1-15(2)10-20(22(30)25-12-16-6-4-3-5-7-16)29-13-17(27-28-29)14-33-18-8-9-19-21(11-18)34-23(26-19)35(24,31)32/h3-9,11,13,15,20H,10,12,14H2,1-2H3,(H,25,30)(H2,24,31,32). The molecular weight excluding hydrogens is 488 g/mol. The van der Waals surface area contributed by atoms with Gasteiger partial charge in [0.2, 0.25) is 10.2 Å². The number of nitrogens with zero attached hydrogens (tertiary/aromatic N) is 4. The Morgan fingerprint density at radius 2 is 1.97 bits per heavy atom. The minimum atomic E-state index is -3.86. The van der Waals surface area contributed by atoms with E-state index in [4.69, 9.17) is 9.88 Å². The second kappa shape index (κ2) is 10.5. The predicted octanol–water partition coefficient (Wildman–Crippen LogP) is 3.02. The molecule has 4 rings (SSSR count). The molecule has 0 saturated heterocycles. The summed E-state index contributed by atoms with van der Waals surface area (Å²) in [4.78, 5) is 17.0. The lowest BCUT2D eigenvalue weighted by Crippen LogP contribution is -2.33. The number of ether oxygens (including phenoxy) is 1. The van der Waals surface area contributed by atoms with Crippen molar-refractivity contribution in [1.29, 1.82) is 0 Å². The van der Waals surface area contributed by atoms with Crippen molar-refractivity contribution < 1.29 is 17.9 Å². The molecule has 0 fully saturated rings. The van der Waals surface area contributed by atoms with Crippen LogP contribution in [0.1, 0.15) is 37.6 Å². The third kappa shape index (κ3) is 6.41. The van der Waals surface area contributed by atoms with Crippen molar-refractivity contribution in [3.63, 3.8) is 0 Å². The highest BCUT2D eigenvalue weighted by atomic mass is 32.2. The Balaban J connectivity index is 1.42. The minimum Gasteiger partial charge on any atom is -0.487 e. The third-order valence-electron chi connectivity index (χ3n) is 5.15. The molecule has 2 heterocycles. The number of carbonyl (C=O) groups excluding carboxylic acids is 1. The highest BCUT2D eigenvalue weighted by Gasteiger charge is 2.23. The Labute approximate surface area is 207 Å². The quantitative estimate of drug-likeness (QED) is 0.331. The average molecular weight is 515 g/mol. The molecule has 0 aliphatic rings. The van der Waals surface area contributed by atoms with Gasteiger partial charge in [-0.25, -0.2) is 23.2 Å². The maximum Gasteiger partial charge on any atom is 0.265 e. The number of hydrogen-bond acceptors (Lipinski definition) is 8. The number of primary sulfonamides is 1. The first-order valence-corrected chi connectivity index (χ1v) is 13.3. The fourth-order valence-corrected chi connectivity index (χ4v) is 5.15. The van der Waals surface area contributed by atoms with Crippen LogP contribution in [-0.2, 0) is 28.0 Å². The molecular formula is C23H26N6O4S2. The number of aromatic nitrogens is 4. The second-order valence-corrected chi connectivity index (χ2v) is 11.2. The molecule has 2 aromatic carbocycles. The summed E-state index contributed by atoms with van der Waals surface area (Å²) in [6, 6.07) is 14.3. The van der Waals surface area contributed by atoms with E-state index in [9.17, 15) is 13.2 Å². The zero-order valence-corrected chi connectivity index (χ0v) is 20.9. The fourth-order valence-electron chi connectivity index (χ4n) is 3.47. The van der Waals surface area contributed by atoms with E-state index in [0.29, 0.717) is 34.6 Å². The summed E-state index contributed by atoms with van der Waals surface area (Å²) in [6.07, 6.45) is 2.32. The van der Waals surface area contributed by atoms with Gasteiger partial charge in [-0.2, -0.15) is 0 Å². The number of thiazole rings is 1. The van der Waals surface area contributed by atoms with Gasteiger partial charge >= 0.3 is 0 Å². The largest absolute Gasteiger partial charge is 0.487 e. The molecule has 2 aromatic heterocycles. The Bertz CT molecular complexity index is 1420. The summed E-state index contributed by atoms with van der Waals surface area (Å²) < 4.78 is 31.0. The lowest BCUT2D eigenvalue weighted by Gasteiger charge is -2.18. The van der Waals surface area contributed by atoms with Gasteiger partial charge in [0.1, 0.15) is 24.1 Å². The smallest absolute Gasteiger partial charge is 0.265 e. The molecule has 1 atom stereocenters. The van der Waals surface area contributed by atoms with Crippen LogP contribution < -0.4 is 15.2 Å². The van der Waals surface area contributed by atoms with Crippen molar-refractivity contribution in [2.45, 2.75) is 43.8 Å². The van der Waals surface area contributed by atoms with Crippen molar-refractivity contribution in [2.24, 2.45) is 11.1 Å². The number of sulfonamides is 1. The van der Waals surface area contributed by atoms with Crippen molar-refractivity contribution in [1.82, 2.24) is 25.3 Å². The highest BCUT2D eigenvalue weighted by molar-refractivity contribution is 7.91. The van der Waals surface area contributed by atoms with E-state index in [-0.39, 0.29) is 22.8 Å². The average Bonchev–Trinajstić information content (AvgIpc) is 3.47. The molecule has 10 nitrogen and oxygen atoms in total. The van der Waals surface area contributed by atoms with Gasteiger partial charge in [-0.05, 0) is 36.1 Å². The molecule has 12 heteroatoms. The highest BCUT2D eigenvalue weighted by Crippen LogP contribution is 2.28. The molecule has 0 saturated carbocycles. The van der Waals surface area contributed by atoms with Gasteiger partial charge in [-0.3, -0.25) is 4.79 Å². The van der Waals surface area contributed by atoms with Crippen LogP contribution in [0.3, 0.4) is 0 Å². The number of benzene rings is 2. The normalized spacial score (nSPS) is 12.7. The topological polar surface area (TPSA) is 142 Å². The second-order valence-electron chi connectivity index (χ2n) is 8.48. The molecule has 0 radical (unpaired) electrons. The monoisotopic (exact) mass is 514 g/mol. The van der Waals surface area contributed by atoms with Gasteiger partial charge in [0.25, 0.3) is 10.0 Å².